The molecule has 0 radical (unpaired) electrons. The molecule has 3 rings (SSSR count). The van der Waals surface area contributed by atoms with Crippen molar-refractivity contribution < 1.29 is 19.1 Å². The van der Waals surface area contributed by atoms with Crippen LogP contribution in [-0.4, -0.2) is 55.0 Å². The van der Waals surface area contributed by atoms with E-state index in [-0.39, 0.29) is 18.0 Å². The molecule has 0 aromatic heterocycles. The Morgan fingerprint density at radius 3 is 2.58 bits per heavy atom. The number of nitrogens with zero attached hydrogens (tertiary/aromatic N) is 2. The molecule has 0 fully saturated rings. The van der Waals surface area contributed by atoms with Gasteiger partial charge >= 0.3 is 0 Å². The molecule has 0 saturated heterocycles. The molecule has 2 aromatic rings. The van der Waals surface area contributed by atoms with Gasteiger partial charge in [-0.3, -0.25) is 9.59 Å². The quantitative estimate of drug-likeness (QED) is 0.694. The molecule has 2 atom stereocenters. The number of benzene rings is 2. The smallest absolute Gasteiger partial charge is 0.262 e. The largest absolute Gasteiger partial charge is 0.490 e. The first-order valence-corrected chi connectivity index (χ1v) is 10.7. The average Bonchev–Trinajstić information content (AvgIpc) is 2.76. The second kappa shape index (κ2) is 9.73. The fraction of sp³-hybridized carbons (Fsp3) is 0.417. The molecule has 0 spiro atoms. The lowest BCUT2D eigenvalue weighted by Crippen LogP contribution is -2.43. The van der Waals surface area contributed by atoms with Crippen LogP contribution in [0.4, 0.5) is 5.69 Å². The van der Waals surface area contributed by atoms with Gasteiger partial charge in [-0.25, -0.2) is 0 Å². The van der Waals surface area contributed by atoms with E-state index in [9.17, 15) is 9.59 Å². The SMILES string of the molecule is CCCN1C(=O)c2ccccc2N[C@@H]1c1ccc(O[C@H](C)C(=O)N(C)C)c(OCC)c1. The number of nitrogens with one attached hydrogen (secondary N) is 1. The number of likely N-dealkylation sites (N-methyl/N-ethyl adjacent to an activating group) is 1. The van der Waals surface area contributed by atoms with E-state index in [0.29, 0.717) is 30.2 Å². The van der Waals surface area contributed by atoms with Gasteiger partial charge in [-0.1, -0.05) is 25.1 Å². The number of carbonyl (C=O) groups excluding carboxylic acids is 2. The average molecular weight is 426 g/mol. The molecule has 0 bridgehead atoms. The summed E-state index contributed by atoms with van der Waals surface area (Å²) in [5, 5.41) is 3.49. The molecule has 166 valence electrons. The summed E-state index contributed by atoms with van der Waals surface area (Å²) in [4.78, 5) is 28.7. The summed E-state index contributed by atoms with van der Waals surface area (Å²) in [6.45, 7) is 6.74. The Morgan fingerprint density at radius 1 is 1.16 bits per heavy atom. The van der Waals surface area contributed by atoms with E-state index < -0.39 is 6.10 Å². The maximum absolute atomic E-state index is 13.1. The van der Waals surface area contributed by atoms with Gasteiger partial charge in [0.15, 0.2) is 17.6 Å². The Bertz CT molecular complexity index is 944. The molecule has 2 amide bonds. The maximum atomic E-state index is 13.1. The van der Waals surface area contributed by atoms with Crippen LogP contribution in [0.15, 0.2) is 42.5 Å². The monoisotopic (exact) mass is 425 g/mol. The first kappa shape index (κ1) is 22.5. The Kier molecular flexibility index (Phi) is 7.05. The van der Waals surface area contributed by atoms with Crippen molar-refractivity contribution in [2.24, 2.45) is 0 Å². The molecule has 2 aromatic carbocycles. The zero-order chi connectivity index (χ0) is 22.5. The Morgan fingerprint density at radius 2 is 1.90 bits per heavy atom. The lowest BCUT2D eigenvalue weighted by Gasteiger charge is -2.38. The number of carbonyl (C=O) groups is 2. The van der Waals surface area contributed by atoms with Crippen molar-refractivity contribution in [2.75, 3.05) is 32.6 Å². The van der Waals surface area contributed by atoms with Gasteiger partial charge < -0.3 is 24.6 Å². The molecule has 1 N–H and O–H groups in total. The first-order chi connectivity index (χ1) is 14.9. The van der Waals surface area contributed by atoms with Crippen LogP contribution in [0.25, 0.3) is 0 Å². The second-order valence-electron chi connectivity index (χ2n) is 7.72. The summed E-state index contributed by atoms with van der Waals surface area (Å²) in [5.41, 5.74) is 2.38. The van der Waals surface area contributed by atoms with Crippen LogP contribution >= 0.6 is 0 Å². The Labute approximate surface area is 183 Å². The lowest BCUT2D eigenvalue weighted by molar-refractivity contribution is -0.135. The van der Waals surface area contributed by atoms with Crippen LogP contribution in [0.2, 0.25) is 0 Å². The summed E-state index contributed by atoms with van der Waals surface area (Å²) in [6, 6.07) is 13.1. The first-order valence-electron chi connectivity index (χ1n) is 10.7. The fourth-order valence-corrected chi connectivity index (χ4v) is 3.69. The number of para-hydroxylation sites is 1. The summed E-state index contributed by atoms with van der Waals surface area (Å²) in [7, 11) is 3.39. The van der Waals surface area contributed by atoms with E-state index in [1.165, 1.54) is 4.90 Å². The minimum absolute atomic E-state index is 0.00434. The summed E-state index contributed by atoms with van der Waals surface area (Å²) in [5.74, 6) is 0.919. The highest BCUT2D eigenvalue weighted by Crippen LogP contribution is 2.37. The zero-order valence-electron chi connectivity index (χ0n) is 18.8. The van der Waals surface area contributed by atoms with Crippen LogP contribution in [-0.2, 0) is 4.79 Å². The standard InChI is InChI=1S/C24H31N3O4/c1-6-14-27-22(25-19-11-9-8-10-18(19)24(27)29)17-12-13-20(21(15-17)30-7-2)31-16(3)23(28)26(4)5/h8-13,15-16,22,25H,6-7,14H2,1-5H3/t16-,22+/m1/s1. The second-order valence-corrected chi connectivity index (χ2v) is 7.72. The molecule has 0 aliphatic carbocycles. The molecule has 1 aliphatic heterocycles. The highest BCUT2D eigenvalue weighted by Gasteiger charge is 2.32. The van der Waals surface area contributed by atoms with Gasteiger partial charge in [0.05, 0.1) is 12.2 Å². The molecular weight excluding hydrogens is 394 g/mol. The Hall–Kier alpha value is -3.22. The minimum Gasteiger partial charge on any atom is -0.490 e. The third kappa shape index (κ3) is 4.76. The number of rotatable bonds is 8. The zero-order valence-corrected chi connectivity index (χ0v) is 18.8. The number of ether oxygens (including phenoxy) is 2. The van der Waals surface area contributed by atoms with Crippen LogP contribution in [0.1, 0.15) is 49.3 Å². The van der Waals surface area contributed by atoms with Crippen LogP contribution in [0, 0.1) is 0 Å². The molecular formula is C24H31N3O4. The van der Waals surface area contributed by atoms with Crippen molar-refractivity contribution in [3.8, 4) is 11.5 Å². The predicted molar refractivity (Wildman–Crippen MR) is 121 cm³/mol. The molecule has 1 heterocycles. The van der Waals surface area contributed by atoms with Crippen molar-refractivity contribution in [2.45, 2.75) is 39.5 Å². The molecule has 0 unspecified atom stereocenters. The van der Waals surface area contributed by atoms with Gasteiger partial charge in [-0.2, -0.15) is 0 Å². The van der Waals surface area contributed by atoms with E-state index in [4.69, 9.17) is 9.47 Å². The van der Waals surface area contributed by atoms with Gasteiger partial charge in [0, 0.05) is 26.3 Å². The van der Waals surface area contributed by atoms with Crippen molar-refractivity contribution in [3.63, 3.8) is 0 Å². The summed E-state index contributed by atoms with van der Waals surface area (Å²) in [6.07, 6.45) is -0.121. The molecule has 7 nitrogen and oxygen atoms in total. The van der Waals surface area contributed by atoms with Gasteiger partial charge in [0.2, 0.25) is 0 Å². The van der Waals surface area contributed by atoms with Crippen LogP contribution < -0.4 is 14.8 Å². The van der Waals surface area contributed by atoms with Gasteiger partial charge in [0.1, 0.15) is 6.17 Å². The minimum atomic E-state index is -0.641. The number of fused-ring (bicyclic) bond motifs is 1. The lowest BCUT2D eigenvalue weighted by atomic mass is 10.0. The van der Waals surface area contributed by atoms with E-state index in [2.05, 4.69) is 12.2 Å². The molecule has 7 heteroatoms. The van der Waals surface area contributed by atoms with Crippen LogP contribution in [0.5, 0.6) is 11.5 Å². The maximum Gasteiger partial charge on any atom is 0.262 e. The third-order valence-corrected chi connectivity index (χ3v) is 5.16. The Balaban J connectivity index is 1.95. The molecule has 1 aliphatic rings. The highest BCUT2D eigenvalue weighted by molar-refractivity contribution is 6.01. The predicted octanol–water partition coefficient (Wildman–Crippen LogP) is 3.92. The summed E-state index contributed by atoms with van der Waals surface area (Å²) < 4.78 is 11.7. The highest BCUT2D eigenvalue weighted by atomic mass is 16.5. The van der Waals surface area contributed by atoms with E-state index in [1.54, 1.807) is 27.1 Å². The molecule has 31 heavy (non-hydrogen) atoms. The topological polar surface area (TPSA) is 71.1 Å². The van der Waals surface area contributed by atoms with E-state index in [1.807, 2.05) is 48.2 Å². The normalized spacial score (nSPS) is 16.2. The van der Waals surface area contributed by atoms with Gasteiger partial charge in [-0.15, -0.1) is 0 Å². The van der Waals surface area contributed by atoms with Crippen molar-refractivity contribution >= 4 is 17.5 Å². The van der Waals surface area contributed by atoms with Gasteiger partial charge in [-0.05, 0) is 50.1 Å². The number of hydrogen-bond donors (Lipinski definition) is 1. The number of hydrogen-bond acceptors (Lipinski definition) is 5. The van der Waals surface area contributed by atoms with E-state index in [0.717, 1.165) is 17.7 Å². The van der Waals surface area contributed by atoms with Crippen molar-refractivity contribution in [1.29, 1.82) is 0 Å². The molecule has 0 saturated carbocycles. The van der Waals surface area contributed by atoms with E-state index >= 15 is 0 Å². The number of anilines is 1. The van der Waals surface area contributed by atoms with Crippen LogP contribution in [0.3, 0.4) is 0 Å². The van der Waals surface area contributed by atoms with Crippen molar-refractivity contribution in [3.05, 3.63) is 53.6 Å². The third-order valence-electron chi connectivity index (χ3n) is 5.16. The summed E-state index contributed by atoms with van der Waals surface area (Å²) >= 11 is 0. The van der Waals surface area contributed by atoms with Crippen molar-refractivity contribution in [1.82, 2.24) is 9.80 Å². The van der Waals surface area contributed by atoms with Gasteiger partial charge in [0.25, 0.3) is 11.8 Å². The fourth-order valence-electron chi connectivity index (χ4n) is 3.69. The number of amides is 2.